The van der Waals surface area contributed by atoms with Gasteiger partial charge in [0, 0.05) is 36.3 Å². The number of thiazole rings is 1. The first-order chi connectivity index (χ1) is 8.69. The van der Waals surface area contributed by atoms with E-state index in [1.807, 2.05) is 19.2 Å². The smallest absolute Gasteiger partial charge is 0.182 e. The summed E-state index contributed by atoms with van der Waals surface area (Å²) in [4.78, 5) is 7.87. The molecule has 0 bridgehead atoms. The summed E-state index contributed by atoms with van der Waals surface area (Å²) in [7, 11) is 2.11. The molecule has 4 nitrogen and oxygen atoms in total. The first kappa shape index (κ1) is 13.1. The molecule has 2 aromatic heterocycles. The lowest BCUT2D eigenvalue weighted by Crippen LogP contribution is -2.16. The molecule has 0 aliphatic heterocycles. The van der Waals surface area contributed by atoms with Gasteiger partial charge >= 0.3 is 0 Å². The number of anilines is 1. The molecule has 5 heteroatoms. The number of aromatic nitrogens is 1. The summed E-state index contributed by atoms with van der Waals surface area (Å²) in [5.74, 6) is 1.000. The zero-order valence-corrected chi connectivity index (χ0v) is 11.9. The summed E-state index contributed by atoms with van der Waals surface area (Å²) in [6.45, 7) is 6.80. The van der Waals surface area contributed by atoms with Crippen molar-refractivity contribution in [1.82, 2.24) is 9.88 Å². The van der Waals surface area contributed by atoms with E-state index in [-0.39, 0.29) is 0 Å². The van der Waals surface area contributed by atoms with Gasteiger partial charge in [0.15, 0.2) is 5.13 Å². The summed E-state index contributed by atoms with van der Waals surface area (Å²) in [6.07, 6.45) is 3.69. The summed E-state index contributed by atoms with van der Waals surface area (Å²) >= 11 is 1.72. The van der Waals surface area contributed by atoms with Gasteiger partial charge in [-0.2, -0.15) is 0 Å². The van der Waals surface area contributed by atoms with Crippen LogP contribution in [0.2, 0.25) is 0 Å². The van der Waals surface area contributed by atoms with Crippen molar-refractivity contribution in [3.05, 3.63) is 34.7 Å². The molecular weight excluding hydrogens is 246 g/mol. The van der Waals surface area contributed by atoms with Crippen LogP contribution >= 0.6 is 11.3 Å². The van der Waals surface area contributed by atoms with Gasteiger partial charge in [0.2, 0.25) is 0 Å². The quantitative estimate of drug-likeness (QED) is 0.871. The molecule has 0 aliphatic carbocycles. The maximum Gasteiger partial charge on any atom is 0.182 e. The van der Waals surface area contributed by atoms with Crippen LogP contribution in [0.5, 0.6) is 0 Å². The average Bonchev–Trinajstić information content (AvgIpc) is 2.90. The van der Waals surface area contributed by atoms with Gasteiger partial charge in [-0.05, 0) is 27.0 Å². The van der Waals surface area contributed by atoms with Crippen LogP contribution in [0, 0.1) is 6.92 Å². The van der Waals surface area contributed by atoms with Crippen molar-refractivity contribution < 1.29 is 4.42 Å². The van der Waals surface area contributed by atoms with Crippen molar-refractivity contribution in [3.63, 3.8) is 0 Å². The van der Waals surface area contributed by atoms with E-state index in [2.05, 4.69) is 29.2 Å². The van der Waals surface area contributed by atoms with Crippen LogP contribution in [0.15, 0.2) is 22.9 Å². The molecule has 0 aromatic carbocycles. The summed E-state index contributed by atoms with van der Waals surface area (Å²) in [6, 6.07) is 2.03. The van der Waals surface area contributed by atoms with E-state index in [9.17, 15) is 0 Å². The third-order valence-corrected chi connectivity index (χ3v) is 3.65. The molecule has 98 valence electrons. The van der Waals surface area contributed by atoms with E-state index in [4.69, 9.17) is 4.42 Å². The Kier molecular flexibility index (Phi) is 4.38. The van der Waals surface area contributed by atoms with E-state index in [0.29, 0.717) is 0 Å². The number of nitrogens with one attached hydrogen (secondary N) is 1. The monoisotopic (exact) mass is 265 g/mol. The summed E-state index contributed by atoms with van der Waals surface area (Å²) in [5.41, 5.74) is 1.24. The number of aryl methyl sites for hydroxylation is 1. The Bertz CT molecular complexity index is 492. The van der Waals surface area contributed by atoms with Crippen molar-refractivity contribution in [2.24, 2.45) is 0 Å². The zero-order chi connectivity index (χ0) is 13.0. The largest absolute Gasteiger partial charge is 0.469 e. The third-order valence-electron chi connectivity index (χ3n) is 2.71. The Labute approximate surface area is 112 Å². The van der Waals surface area contributed by atoms with Gasteiger partial charge in [0.05, 0.1) is 6.26 Å². The maximum atomic E-state index is 5.31. The first-order valence-corrected chi connectivity index (χ1v) is 6.90. The Hall–Kier alpha value is -1.33. The normalized spacial score (nSPS) is 11.1. The second kappa shape index (κ2) is 6.02. The van der Waals surface area contributed by atoms with Gasteiger partial charge < -0.3 is 9.73 Å². The lowest BCUT2D eigenvalue weighted by Gasteiger charge is -2.14. The minimum absolute atomic E-state index is 0.900. The Morgan fingerprint density at radius 2 is 2.28 bits per heavy atom. The van der Waals surface area contributed by atoms with Crippen LogP contribution in [0.1, 0.15) is 23.1 Å². The molecule has 0 unspecified atom stereocenters. The van der Waals surface area contributed by atoms with Crippen molar-refractivity contribution in [3.8, 4) is 0 Å². The van der Waals surface area contributed by atoms with Gasteiger partial charge in [-0.15, -0.1) is 11.3 Å². The Morgan fingerprint density at radius 3 is 2.94 bits per heavy atom. The molecule has 18 heavy (non-hydrogen) atoms. The van der Waals surface area contributed by atoms with Crippen LogP contribution in [0.25, 0.3) is 0 Å². The van der Waals surface area contributed by atoms with Crippen LogP contribution in [-0.4, -0.2) is 23.5 Å². The molecule has 2 aromatic rings. The number of hydrogen-bond donors (Lipinski definition) is 1. The minimum atomic E-state index is 0.900. The van der Waals surface area contributed by atoms with Crippen LogP contribution in [0.3, 0.4) is 0 Å². The molecule has 0 saturated heterocycles. The van der Waals surface area contributed by atoms with Crippen molar-refractivity contribution in [1.29, 1.82) is 0 Å². The Balaban J connectivity index is 1.90. The number of rotatable bonds is 6. The lowest BCUT2D eigenvalue weighted by atomic mass is 10.2. The van der Waals surface area contributed by atoms with Crippen LogP contribution in [0.4, 0.5) is 5.13 Å². The number of nitrogens with zero attached hydrogens (tertiary/aromatic N) is 2. The molecule has 0 spiro atoms. The highest BCUT2D eigenvalue weighted by molar-refractivity contribution is 7.15. The molecule has 0 fully saturated rings. The van der Waals surface area contributed by atoms with Gasteiger partial charge in [-0.1, -0.05) is 0 Å². The van der Waals surface area contributed by atoms with Gasteiger partial charge in [0.25, 0.3) is 0 Å². The first-order valence-electron chi connectivity index (χ1n) is 6.09. The summed E-state index contributed by atoms with van der Waals surface area (Å²) < 4.78 is 5.31. The lowest BCUT2D eigenvalue weighted by molar-refractivity contribution is 0.319. The third kappa shape index (κ3) is 3.34. The molecule has 0 radical (unpaired) electrons. The van der Waals surface area contributed by atoms with E-state index in [1.165, 1.54) is 10.4 Å². The molecule has 0 atom stereocenters. The second-order valence-electron chi connectivity index (χ2n) is 4.34. The van der Waals surface area contributed by atoms with Crippen molar-refractivity contribution in [2.45, 2.75) is 26.9 Å². The van der Waals surface area contributed by atoms with E-state index < -0.39 is 0 Å². The van der Waals surface area contributed by atoms with Crippen molar-refractivity contribution in [2.75, 3.05) is 18.9 Å². The number of hydrogen-bond acceptors (Lipinski definition) is 5. The fourth-order valence-corrected chi connectivity index (χ4v) is 2.76. The molecule has 1 N–H and O–H groups in total. The molecule has 2 heterocycles. The Morgan fingerprint density at radius 1 is 1.44 bits per heavy atom. The molecular formula is C13H19N3OS. The van der Waals surface area contributed by atoms with E-state index >= 15 is 0 Å². The maximum absolute atomic E-state index is 5.31. The fraction of sp³-hybridized carbons (Fsp3) is 0.462. The fourth-order valence-electron chi connectivity index (χ4n) is 1.80. The molecule has 2 rings (SSSR count). The molecule has 0 amide bonds. The van der Waals surface area contributed by atoms with E-state index in [1.54, 1.807) is 17.6 Å². The SMILES string of the molecule is CCNc1ncc(CN(C)Cc2ccoc2C)s1. The summed E-state index contributed by atoms with van der Waals surface area (Å²) in [5, 5.41) is 4.23. The van der Waals surface area contributed by atoms with E-state index in [0.717, 1.165) is 30.5 Å². The topological polar surface area (TPSA) is 41.3 Å². The highest BCUT2D eigenvalue weighted by Gasteiger charge is 2.08. The van der Waals surface area contributed by atoms with Gasteiger partial charge in [-0.25, -0.2) is 4.98 Å². The zero-order valence-electron chi connectivity index (χ0n) is 11.1. The van der Waals surface area contributed by atoms with Gasteiger partial charge in [-0.3, -0.25) is 4.90 Å². The highest BCUT2D eigenvalue weighted by atomic mass is 32.1. The highest BCUT2D eigenvalue weighted by Crippen LogP contribution is 2.20. The average molecular weight is 265 g/mol. The van der Waals surface area contributed by atoms with Crippen LogP contribution < -0.4 is 5.32 Å². The molecule has 0 saturated carbocycles. The molecule has 0 aliphatic rings. The minimum Gasteiger partial charge on any atom is -0.469 e. The number of furan rings is 1. The predicted molar refractivity (Wildman–Crippen MR) is 74.9 cm³/mol. The van der Waals surface area contributed by atoms with Gasteiger partial charge in [0.1, 0.15) is 5.76 Å². The second-order valence-corrected chi connectivity index (χ2v) is 5.45. The standard InChI is InChI=1S/C13H19N3OS/c1-4-14-13-15-7-12(18-13)9-16(3)8-11-5-6-17-10(11)2/h5-7H,4,8-9H2,1-3H3,(H,14,15). The predicted octanol–water partition coefficient (Wildman–Crippen LogP) is 3.11. The van der Waals surface area contributed by atoms with Crippen LogP contribution in [-0.2, 0) is 13.1 Å². The van der Waals surface area contributed by atoms with Crippen molar-refractivity contribution >= 4 is 16.5 Å².